The second-order valence-electron chi connectivity index (χ2n) is 7.83. The summed E-state index contributed by atoms with van der Waals surface area (Å²) in [7, 11) is 1.87. The molecule has 4 aliphatic carbocycles. The Morgan fingerprint density at radius 2 is 1.91 bits per heavy atom. The molecule has 0 saturated heterocycles. The highest BCUT2D eigenvalue weighted by molar-refractivity contribution is 5.93. The lowest BCUT2D eigenvalue weighted by molar-refractivity contribution is -0.114. The predicted octanol–water partition coefficient (Wildman–Crippen LogP) is 4.45. The van der Waals surface area contributed by atoms with Crippen LogP contribution in [0.2, 0.25) is 0 Å². The topological polar surface area (TPSA) is 26.3 Å². The lowest BCUT2D eigenvalue weighted by Gasteiger charge is -2.43. The van der Waals surface area contributed by atoms with Crippen LogP contribution in [0.5, 0.6) is 0 Å². The van der Waals surface area contributed by atoms with Gasteiger partial charge in [0.25, 0.3) is 0 Å². The van der Waals surface area contributed by atoms with E-state index in [1.54, 1.807) is 11.1 Å². The maximum atomic E-state index is 11.7. The van der Waals surface area contributed by atoms with E-state index in [1.807, 2.05) is 13.2 Å². The van der Waals surface area contributed by atoms with E-state index in [9.17, 15) is 4.79 Å². The molecule has 120 valence electrons. The SMILES string of the molecule is COC(C)C1CCC2C3CCC4=CC(=O)CCC4=C3CCC12. The van der Waals surface area contributed by atoms with Crippen LogP contribution in [-0.4, -0.2) is 19.0 Å². The van der Waals surface area contributed by atoms with Gasteiger partial charge in [-0.1, -0.05) is 5.57 Å². The second-order valence-corrected chi connectivity index (χ2v) is 7.83. The molecule has 0 aliphatic heterocycles. The fourth-order valence-corrected chi connectivity index (χ4v) is 6.01. The molecule has 0 aromatic heterocycles. The van der Waals surface area contributed by atoms with E-state index in [-0.39, 0.29) is 0 Å². The normalized spacial score (nSPS) is 39.0. The molecule has 0 bridgehead atoms. The molecule has 0 aromatic carbocycles. The average molecular weight is 300 g/mol. The van der Waals surface area contributed by atoms with Gasteiger partial charge in [0.15, 0.2) is 5.78 Å². The summed E-state index contributed by atoms with van der Waals surface area (Å²) in [5.41, 5.74) is 4.73. The van der Waals surface area contributed by atoms with E-state index < -0.39 is 0 Å². The number of ether oxygens (including phenoxy) is 1. The van der Waals surface area contributed by atoms with Crippen molar-refractivity contribution in [2.45, 2.75) is 64.4 Å². The van der Waals surface area contributed by atoms with Crippen molar-refractivity contribution in [3.63, 3.8) is 0 Å². The number of rotatable bonds is 2. The van der Waals surface area contributed by atoms with E-state index in [2.05, 4.69) is 6.92 Å². The van der Waals surface area contributed by atoms with Crippen LogP contribution in [-0.2, 0) is 9.53 Å². The Balaban J connectivity index is 1.62. The van der Waals surface area contributed by atoms with Crippen molar-refractivity contribution in [3.05, 3.63) is 22.8 Å². The fourth-order valence-electron chi connectivity index (χ4n) is 6.01. The maximum absolute atomic E-state index is 11.7. The van der Waals surface area contributed by atoms with Gasteiger partial charge in [0.1, 0.15) is 0 Å². The fraction of sp³-hybridized carbons (Fsp3) is 0.750. The van der Waals surface area contributed by atoms with Gasteiger partial charge >= 0.3 is 0 Å². The van der Waals surface area contributed by atoms with E-state index in [0.717, 1.165) is 42.9 Å². The van der Waals surface area contributed by atoms with Gasteiger partial charge in [-0.3, -0.25) is 4.79 Å². The van der Waals surface area contributed by atoms with Gasteiger partial charge in [0.2, 0.25) is 0 Å². The Kier molecular flexibility index (Phi) is 3.76. The minimum atomic E-state index is 0.348. The minimum Gasteiger partial charge on any atom is -0.381 e. The van der Waals surface area contributed by atoms with Crippen LogP contribution >= 0.6 is 0 Å². The Bertz CT molecular complexity index is 542. The third kappa shape index (κ3) is 2.22. The summed E-state index contributed by atoms with van der Waals surface area (Å²) in [6, 6.07) is 0. The zero-order chi connectivity index (χ0) is 15.3. The molecule has 0 heterocycles. The van der Waals surface area contributed by atoms with Crippen molar-refractivity contribution in [2.75, 3.05) is 7.11 Å². The lowest BCUT2D eigenvalue weighted by Crippen LogP contribution is -2.35. The molecule has 2 heteroatoms. The van der Waals surface area contributed by atoms with Gasteiger partial charge in [-0.15, -0.1) is 0 Å². The number of carbonyl (C=O) groups is 1. The number of hydrogen-bond donors (Lipinski definition) is 0. The number of hydrogen-bond acceptors (Lipinski definition) is 2. The van der Waals surface area contributed by atoms with Crippen LogP contribution in [0.4, 0.5) is 0 Å². The van der Waals surface area contributed by atoms with E-state index in [1.165, 1.54) is 37.7 Å². The number of allylic oxidation sites excluding steroid dienone is 4. The van der Waals surface area contributed by atoms with E-state index >= 15 is 0 Å². The van der Waals surface area contributed by atoms with Crippen LogP contribution in [0.3, 0.4) is 0 Å². The van der Waals surface area contributed by atoms with Crippen molar-refractivity contribution >= 4 is 5.78 Å². The highest BCUT2D eigenvalue weighted by Crippen LogP contribution is 2.56. The van der Waals surface area contributed by atoms with Gasteiger partial charge in [-0.05, 0) is 92.8 Å². The first kappa shape index (κ1) is 14.7. The maximum Gasteiger partial charge on any atom is 0.156 e. The standard InChI is InChI=1S/C20H28O2/c1-12(22-2)15-7-8-20-17(15)9-10-18-16-6-4-14(21)11-13(16)3-5-19(18)20/h11-12,15,17,19-20H,3-10H2,1-2H3. The van der Waals surface area contributed by atoms with Crippen LogP contribution in [0.15, 0.2) is 22.8 Å². The summed E-state index contributed by atoms with van der Waals surface area (Å²) in [6.45, 7) is 2.26. The molecular weight excluding hydrogens is 272 g/mol. The smallest absolute Gasteiger partial charge is 0.156 e. The van der Waals surface area contributed by atoms with Crippen molar-refractivity contribution in [1.29, 1.82) is 0 Å². The van der Waals surface area contributed by atoms with E-state index in [0.29, 0.717) is 11.9 Å². The van der Waals surface area contributed by atoms with Gasteiger partial charge < -0.3 is 4.74 Å². The third-order valence-corrected chi connectivity index (χ3v) is 7.08. The quantitative estimate of drug-likeness (QED) is 0.753. The molecule has 0 amide bonds. The molecule has 5 atom stereocenters. The van der Waals surface area contributed by atoms with E-state index in [4.69, 9.17) is 4.74 Å². The summed E-state index contributed by atoms with van der Waals surface area (Å²) in [5.74, 6) is 3.69. The van der Waals surface area contributed by atoms with Crippen molar-refractivity contribution in [1.82, 2.24) is 0 Å². The molecule has 0 N–H and O–H groups in total. The van der Waals surface area contributed by atoms with Crippen LogP contribution < -0.4 is 0 Å². The highest BCUT2D eigenvalue weighted by atomic mass is 16.5. The number of methoxy groups -OCH3 is 1. The summed E-state index contributed by atoms with van der Waals surface area (Å²) in [5, 5.41) is 0. The van der Waals surface area contributed by atoms with Crippen LogP contribution in [0.1, 0.15) is 58.3 Å². The van der Waals surface area contributed by atoms with Gasteiger partial charge in [0.05, 0.1) is 6.10 Å². The molecular formula is C20H28O2. The van der Waals surface area contributed by atoms with Crippen molar-refractivity contribution in [2.24, 2.45) is 23.7 Å². The summed E-state index contributed by atoms with van der Waals surface area (Å²) < 4.78 is 5.66. The largest absolute Gasteiger partial charge is 0.381 e. The third-order valence-electron chi connectivity index (χ3n) is 7.08. The average Bonchev–Trinajstić information content (AvgIpc) is 2.97. The lowest BCUT2D eigenvalue weighted by atomic mass is 9.62. The molecule has 0 radical (unpaired) electrons. The molecule has 4 rings (SSSR count). The van der Waals surface area contributed by atoms with Crippen LogP contribution in [0, 0.1) is 23.7 Å². The summed E-state index contributed by atoms with van der Waals surface area (Å²) >= 11 is 0. The first-order chi connectivity index (χ1) is 10.7. The molecule has 0 spiro atoms. The molecule has 2 fully saturated rings. The Labute approximate surface area is 134 Å². The monoisotopic (exact) mass is 300 g/mol. The number of ketones is 1. The molecule has 22 heavy (non-hydrogen) atoms. The minimum absolute atomic E-state index is 0.348. The number of carbonyl (C=O) groups excluding carboxylic acids is 1. The predicted molar refractivity (Wildman–Crippen MR) is 87.5 cm³/mol. The Morgan fingerprint density at radius 3 is 2.73 bits per heavy atom. The second kappa shape index (κ2) is 5.63. The Hall–Kier alpha value is -0.890. The number of fused-ring (bicyclic) bond motifs is 4. The van der Waals surface area contributed by atoms with Gasteiger partial charge in [0, 0.05) is 13.5 Å². The summed E-state index contributed by atoms with van der Waals surface area (Å²) in [4.78, 5) is 11.7. The first-order valence-corrected chi connectivity index (χ1v) is 9.17. The summed E-state index contributed by atoms with van der Waals surface area (Å²) in [6.07, 6.45) is 11.9. The first-order valence-electron chi connectivity index (χ1n) is 9.17. The molecule has 2 saturated carbocycles. The van der Waals surface area contributed by atoms with Gasteiger partial charge in [-0.2, -0.15) is 0 Å². The molecule has 4 aliphatic rings. The van der Waals surface area contributed by atoms with Gasteiger partial charge in [-0.25, -0.2) is 0 Å². The molecule has 2 nitrogen and oxygen atoms in total. The zero-order valence-electron chi connectivity index (χ0n) is 13.9. The van der Waals surface area contributed by atoms with Crippen molar-refractivity contribution in [3.8, 4) is 0 Å². The Morgan fingerprint density at radius 1 is 1.05 bits per heavy atom. The zero-order valence-corrected chi connectivity index (χ0v) is 13.9. The van der Waals surface area contributed by atoms with Crippen molar-refractivity contribution < 1.29 is 9.53 Å². The molecule has 0 aromatic rings. The highest BCUT2D eigenvalue weighted by Gasteiger charge is 2.47. The van der Waals surface area contributed by atoms with Crippen LogP contribution in [0.25, 0.3) is 0 Å². The molecule has 5 unspecified atom stereocenters.